The quantitative estimate of drug-likeness (QED) is 0.805. The Morgan fingerprint density at radius 1 is 1.29 bits per heavy atom. The summed E-state index contributed by atoms with van der Waals surface area (Å²) in [5.41, 5.74) is 2.35. The van der Waals surface area contributed by atoms with Gasteiger partial charge in [-0.1, -0.05) is 31.1 Å². The summed E-state index contributed by atoms with van der Waals surface area (Å²) in [6.45, 7) is 2.94. The third-order valence-electron chi connectivity index (χ3n) is 3.30. The molecule has 0 aromatic carbocycles. The van der Waals surface area contributed by atoms with Crippen LogP contribution in [0, 0.1) is 6.92 Å². The van der Waals surface area contributed by atoms with E-state index < -0.39 is 0 Å². The van der Waals surface area contributed by atoms with Gasteiger partial charge in [-0.2, -0.15) is 0 Å². The summed E-state index contributed by atoms with van der Waals surface area (Å²) < 4.78 is 0. The summed E-state index contributed by atoms with van der Waals surface area (Å²) in [7, 11) is 0. The molecule has 1 aromatic rings. The van der Waals surface area contributed by atoms with Crippen molar-refractivity contribution in [2.45, 2.75) is 51.6 Å². The Hall–Kier alpha value is -1.15. The molecule has 1 aliphatic carbocycles. The highest BCUT2D eigenvalue weighted by Gasteiger charge is 2.06. The maximum Gasteiger partial charge on any atom is 0.0372 e. The monoisotopic (exact) mass is 230 g/mol. The summed E-state index contributed by atoms with van der Waals surface area (Å²) in [5, 5.41) is 3.60. The van der Waals surface area contributed by atoms with Crippen LogP contribution < -0.4 is 5.32 Å². The second kappa shape index (κ2) is 6.55. The molecule has 92 valence electrons. The highest BCUT2D eigenvalue weighted by molar-refractivity contribution is 5.13. The van der Waals surface area contributed by atoms with Crippen LogP contribution in [0.15, 0.2) is 30.5 Å². The van der Waals surface area contributed by atoms with E-state index in [2.05, 4.69) is 34.6 Å². The van der Waals surface area contributed by atoms with Gasteiger partial charge in [0.1, 0.15) is 0 Å². The van der Waals surface area contributed by atoms with E-state index >= 15 is 0 Å². The predicted molar refractivity (Wildman–Crippen MR) is 71.8 cm³/mol. The lowest BCUT2D eigenvalue weighted by molar-refractivity contribution is 0.508. The summed E-state index contributed by atoms with van der Waals surface area (Å²) in [5.74, 6) is 0. The number of nitrogens with zero attached hydrogens (tertiary/aromatic N) is 1. The third kappa shape index (κ3) is 4.31. The Morgan fingerprint density at radius 2 is 2.24 bits per heavy atom. The molecular formula is C15H22N2. The van der Waals surface area contributed by atoms with E-state index in [9.17, 15) is 0 Å². The lowest BCUT2D eigenvalue weighted by atomic mass is 10.0. The van der Waals surface area contributed by atoms with E-state index in [0.29, 0.717) is 6.04 Å². The highest BCUT2D eigenvalue weighted by atomic mass is 14.9. The Kier molecular flexibility index (Phi) is 4.75. The van der Waals surface area contributed by atoms with Crippen molar-refractivity contribution in [2.75, 3.05) is 0 Å². The van der Waals surface area contributed by atoms with Crippen molar-refractivity contribution in [1.29, 1.82) is 0 Å². The van der Waals surface area contributed by atoms with Crippen LogP contribution in [0.5, 0.6) is 0 Å². The summed E-state index contributed by atoms with van der Waals surface area (Å²) >= 11 is 0. The first kappa shape index (κ1) is 12.3. The summed E-state index contributed by atoms with van der Waals surface area (Å²) in [6.07, 6.45) is 13.2. The maximum atomic E-state index is 4.32. The van der Waals surface area contributed by atoms with Gasteiger partial charge in [-0.05, 0) is 37.8 Å². The molecule has 1 aliphatic rings. The molecule has 1 heterocycles. The molecule has 17 heavy (non-hydrogen) atoms. The number of hydrogen-bond donors (Lipinski definition) is 1. The van der Waals surface area contributed by atoms with Crippen LogP contribution in [0.25, 0.3) is 0 Å². The van der Waals surface area contributed by atoms with Crippen LogP contribution in [0.3, 0.4) is 0 Å². The van der Waals surface area contributed by atoms with Crippen molar-refractivity contribution in [3.8, 4) is 0 Å². The second-order valence-electron chi connectivity index (χ2n) is 4.86. The van der Waals surface area contributed by atoms with E-state index in [1.54, 1.807) is 0 Å². The van der Waals surface area contributed by atoms with Crippen molar-refractivity contribution in [3.63, 3.8) is 0 Å². The van der Waals surface area contributed by atoms with Crippen molar-refractivity contribution in [1.82, 2.24) is 10.3 Å². The van der Waals surface area contributed by atoms with Gasteiger partial charge in [0.2, 0.25) is 0 Å². The molecule has 2 nitrogen and oxygen atoms in total. The standard InChI is InChI=1S/C15H22N2/c1-13-9-10-14(11-16-13)12-17-15-7-5-3-2-4-6-8-15/h5,7,9-11,15,17H,2-4,6,8,12H2,1H3/b7-5+. The molecule has 2 heteroatoms. The van der Waals surface area contributed by atoms with Crippen molar-refractivity contribution < 1.29 is 0 Å². The molecule has 1 N–H and O–H groups in total. The van der Waals surface area contributed by atoms with Gasteiger partial charge in [0.15, 0.2) is 0 Å². The molecule has 0 amide bonds. The largest absolute Gasteiger partial charge is 0.306 e. The van der Waals surface area contributed by atoms with E-state index in [1.807, 2.05) is 13.1 Å². The van der Waals surface area contributed by atoms with E-state index in [0.717, 1.165) is 12.2 Å². The average molecular weight is 230 g/mol. The lowest BCUT2D eigenvalue weighted by Crippen LogP contribution is -2.27. The summed E-state index contributed by atoms with van der Waals surface area (Å²) in [6, 6.07) is 4.77. The number of nitrogens with one attached hydrogen (secondary N) is 1. The molecule has 0 spiro atoms. The first-order valence-corrected chi connectivity index (χ1v) is 6.66. The highest BCUT2D eigenvalue weighted by Crippen LogP contribution is 2.12. The number of pyridine rings is 1. The lowest BCUT2D eigenvalue weighted by Gasteiger charge is -2.16. The molecule has 1 atom stereocenters. The SMILES string of the molecule is Cc1ccc(CNC2/C=C/CCCCC2)cn1. The maximum absolute atomic E-state index is 4.32. The molecule has 1 aromatic heterocycles. The number of aromatic nitrogens is 1. The zero-order chi connectivity index (χ0) is 11.9. The normalized spacial score (nSPS) is 22.8. The molecule has 0 saturated heterocycles. The van der Waals surface area contributed by atoms with Gasteiger partial charge in [-0.3, -0.25) is 4.98 Å². The Bertz CT molecular complexity index is 354. The fourth-order valence-corrected chi connectivity index (χ4v) is 2.18. The number of allylic oxidation sites excluding steroid dienone is 1. The van der Waals surface area contributed by atoms with Crippen molar-refractivity contribution in [2.24, 2.45) is 0 Å². The van der Waals surface area contributed by atoms with Gasteiger partial charge in [0.25, 0.3) is 0 Å². The first-order chi connectivity index (χ1) is 8.34. The number of hydrogen-bond acceptors (Lipinski definition) is 2. The van der Waals surface area contributed by atoms with Gasteiger partial charge in [0, 0.05) is 24.5 Å². The van der Waals surface area contributed by atoms with Crippen LogP contribution in [-0.4, -0.2) is 11.0 Å². The summed E-state index contributed by atoms with van der Waals surface area (Å²) in [4.78, 5) is 4.32. The molecule has 2 rings (SSSR count). The van der Waals surface area contributed by atoms with E-state index in [4.69, 9.17) is 0 Å². The Morgan fingerprint density at radius 3 is 3.06 bits per heavy atom. The molecule has 0 aliphatic heterocycles. The van der Waals surface area contributed by atoms with E-state index in [-0.39, 0.29) is 0 Å². The third-order valence-corrected chi connectivity index (χ3v) is 3.30. The first-order valence-electron chi connectivity index (χ1n) is 6.66. The van der Waals surface area contributed by atoms with Gasteiger partial charge >= 0.3 is 0 Å². The van der Waals surface area contributed by atoms with Crippen LogP contribution in [0.4, 0.5) is 0 Å². The van der Waals surface area contributed by atoms with Crippen LogP contribution >= 0.6 is 0 Å². The smallest absolute Gasteiger partial charge is 0.0372 e. The van der Waals surface area contributed by atoms with E-state index in [1.165, 1.54) is 37.7 Å². The Labute approximate surface area is 104 Å². The van der Waals surface area contributed by atoms with Gasteiger partial charge in [-0.15, -0.1) is 0 Å². The van der Waals surface area contributed by atoms with Gasteiger partial charge in [-0.25, -0.2) is 0 Å². The molecular weight excluding hydrogens is 208 g/mol. The van der Waals surface area contributed by atoms with Crippen LogP contribution in [0.1, 0.15) is 43.4 Å². The minimum atomic E-state index is 0.539. The van der Waals surface area contributed by atoms with Gasteiger partial charge in [0.05, 0.1) is 0 Å². The molecule has 0 radical (unpaired) electrons. The van der Waals surface area contributed by atoms with Crippen LogP contribution in [-0.2, 0) is 6.54 Å². The molecule has 1 unspecified atom stereocenters. The predicted octanol–water partition coefficient (Wildman–Crippen LogP) is 3.37. The topological polar surface area (TPSA) is 24.9 Å². The number of aryl methyl sites for hydroxylation is 1. The average Bonchev–Trinajstić information content (AvgIpc) is 2.30. The van der Waals surface area contributed by atoms with Crippen molar-refractivity contribution >= 4 is 0 Å². The minimum Gasteiger partial charge on any atom is -0.306 e. The second-order valence-corrected chi connectivity index (χ2v) is 4.86. The molecule has 0 saturated carbocycles. The van der Waals surface area contributed by atoms with Gasteiger partial charge < -0.3 is 5.32 Å². The zero-order valence-corrected chi connectivity index (χ0v) is 10.7. The zero-order valence-electron chi connectivity index (χ0n) is 10.7. The minimum absolute atomic E-state index is 0.539. The fraction of sp³-hybridized carbons (Fsp3) is 0.533. The molecule has 0 bridgehead atoms. The molecule has 0 fully saturated rings. The fourth-order valence-electron chi connectivity index (χ4n) is 2.18. The number of rotatable bonds is 3. The van der Waals surface area contributed by atoms with Crippen molar-refractivity contribution in [3.05, 3.63) is 41.7 Å². The van der Waals surface area contributed by atoms with Crippen LogP contribution in [0.2, 0.25) is 0 Å². The Balaban J connectivity index is 1.83.